The van der Waals surface area contributed by atoms with Crippen LogP contribution in [0.2, 0.25) is 0 Å². The number of nitrogens with two attached hydrogens (primary N) is 1. The predicted octanol–water partition coefficient (Wildman–Crippen LogP) is 2.26. The molecule has 2 rings (SSSR count). The number of thiophene rings is 1. The number of anilines is 1. The minimum atomic E-state index is -0.666. The minimum Gasteiger partial charge on any atom is -0.324 e. The van der Waals surface area contributed by atoms with E-state index in [1.807, 2.05) is 23.6 Å². The Hall–Kier alpha value is -2.16. The summed E-state index contributed by atoms with van der Waals surface area (Å²) in [4.78, 5) is 12.7. The van der Waals surface area contributed by atoms with Crippen molar-refractivity contribution in [1.82, 2.24) is 0 Å². The molecule has 2 aromatic rings. The van der Waals surface area contributed by atoms with Crippen LogP contribution in [-0.4, -0.2) is 5.91 Å². The van der Waals surface area contributed by atoms with E-state index in [9.17, 15) is 4.79 Å². The van der Waals surface area contributed by atoms with Gasteiger partial charge in [-0.1, -0.05) is 6.07 Å². The van der Waals surface area contributed by atoms with Crippen molar-refractivity contribution in [3.05, 3.63) is 52.2 Å². The number of hydrogen-bond acceptors (Lipinski definition) is 4. The zero-order valence-corrected chi connectivity index (χ0v) is 10.3. The number of amides is 1. The molecule has 0 saturated heterocycles. The van der Waals surface area contributed by atoms with Gasteiger partial charge in [0.25, 0.3) is 0 Å². The summed E-state index contributed by atoms with van der Waals surface area (Å²) >= 11 is 1.45. The Morgan fingerprint density at radius 3 is 2.61 bits per heavy atom. The Labute approximate surface area is 109 Å². The van der Waals surface area contributed by atoms with Crippen LogP contribution in [0.3, 0.4) is 0 Å². The quantitative estimate of drug-likeness (QED) is 0.885. The molecule has 90 valence electrons. The fraction of sp³-hybridized carbons (Fsp3) is 0.0769. The molecule has 3 N–H and O–H groups in total. The molecule has 1 aromatic carbocycles. The van der Waals surface area contributed by atoms with Crippen LogP contribution in [0, 0.1) is 11.3 Å². The second kappa shape index (κ2) is 5.45. The van der Waals surface area contributed by atoms with Gasteiger partial charge < -0.3 is 11.1 Å². The lowest BCUT2D eigenvalue weighted by Gasteiger charge is -2.10. The van der Waals surface area contributed by atoms with Crippen molar-refractivity contribution in [1.29, 1.82) is 5.26 Å². The van der Waals surface area contributed by atoms with E-state index in [1.165, 1.54) is 11.3 Å². The summed E-state index contributed by atoms with van der Waals surface area (Å²) in [6.45, 7) is 0. The van der Waals surface area contributed by atoms with E-state index in [-0.39, 0.29) is 5.91 Å². The first-order chi connectivity index (χ1) is 8.70. The Bertz CT molecular complexity index is 569. The highest BCUT2D eigenvalue weighted by atomic mass is 32.1. The van der Waals surface area contributed by atoms with Gasteiger partial charge in [0.15, 0.2) is 0 Å². The number of nitriles is 1. The van der Waals surface area contributed by atoms with Crippen molar-refractivity contribution in [2.75, 3.05) is 5.32 Å². The van der Waals surface area contributed by atoms with Gasteiger partial charge in [0.2, 0.25) is 5.91 Å². The Morgan fingerprint density at radius 2 is 2.06 bits per heavy atom. The second-order valence-corrected chi connectivity index (χ2v) is 4.65. The van der Waals surface area contributed by atoms with Crippen LogP contribution >= 0.6 is 11.3 Å². The zero-order chi connectivity index (χ0) is 13.0. The first-order valence-corrected chi connectivity index (χ1v) is 6.18. The molecule has 1 unspecified atom stereocenters. The van der Waals surface area contributed by atoms with E-state index >= 15 is 0 Å². The molecule has 1 heterocycles. The highest BCUT2D eigenvalue weighted by molar-refractivity contribution is 7.10. The maximum atomic E-state index is 11.9. The van der Waals surface area contributed by atoms with E-state index in [2.05, 4.69) is 5.32 Å². The van der Waals surface area contributed by atoms with Crippen LogP contribution in [0.1, 0.15) is 16.5 Å². The minimum absolute atomic E-state index is 0.262. The highest BCUT2D eigenvalue weighted by Gasteiger charge is 2.16. The lowest BCUT2D eigenvalue weighted by atomic mass is 10.2. The number of carbonyl (C=O) groups excluding carboxylic acids is 1. The Morgan fingerprint density at radius 1 is 1.33 bits per heavy atom. The Kier molecular flexibility index (Phi) is 3.72. The molecule has 5 heteroatoms. The number of rotatable bonds is 3. The van der Waals surface area contributed by atoms with Crippen molar-refractivity contribution >= 4 is 22.9 Å². The topological polar surface area (TPSA) is 78.9 Å². The van der Waals surface area contributed by atoms with E-state index in [0.29, 0.717) is 11.3 Å². The molecule has 4 nitrogen and oxygen atoms in total. The first kappa shape index (κ1) is 12.3. The van der Waals surface area contributed by atoms with Crippen molar-refractivity contribution in [3.63, 3.8) is 0 Å². The molecule has 0 aliphatic rings. The molecule has 0 saturated carbocycles. The van der Waals surface area contributed by atoms with Gasteiger partial charge >= 0.3 is 0 Å². The normalized spacial score (nSPS) is 11.6. The predicted molar refractivity (Wildman–Crippen MR) is 71.0 cm³/mol. The van der Waals surface area contributed by atoms with Crippen molar-refractivity contribution < 1.29 is 4.79 Å². The van der Waals surface area contributed by atoms with Crippen LogP contribution in [0.4, 0.5) is 5.69 Å². The molecule has 0 aliphatic carbocycles. The summed E-state index contributed by atoms with van der Waals surface area (Å²) in [5.41, 5.74) is 7.01. The van der Waals surface area contributed by atoms with Gasteiger partial charge in [-0.05, 0) is 35.7 Å². The highest BCUT2D eigenvalue weighted by Crippen LogP contribution is 2.18. The molecule has 18 heavy (non-hydrogen) atoms. The Balaban J connectivity index is 2.05. The average Bonchev–Trinajstić information content (AvgIpc) is 2.92. The summed E-state index contributed by atoms with van der Waals surface area (Å²) in [5.74, 6) is -0.262. The van der Waals surface area contributed by atoms with Gasteiger partial charge in [0.05, 0.1) is 11.6 Å². The molecule has 0 aliphatic heterocycles. The van der Waals surface area contributed by atoms with Crippen LogP contribution in [-0.2, 0) is 4.79 Å². The standard InChI is InChI=1S/C13H11N3OS/c14-8-9-3-5-10(6-4-9)16-13(17)12(15)11-2-1-7-18-11/h1-7,12H,15H2,(H,16,17). The SMILES string of the molecule is N#Cc1ccc(NC(=O)C(N)c2cccs2)cc1. The molecule has 0 bridgehead atoms. The van der Waals surface area contributed by atoms with Crippen LogP contribution in [0.15, 0.2) is 41.8 Å². The molecule has 0 radical (unpaired) electrons. The van der Waals surface area contributed by atoms with Crippen LogP contribution in [0.25, 0.3) is 0 Å². The van der Waals surface area contributed by atoms with Gasteiger partial charge in [-0.3, -0.25) is 4.79 Å². The van der Waals surface area contributed by atoms with Gasteiger partial charge in [-0.2, -0.15) is 5.26 Å². The van der Waals surface area contributed by atoms with Gasteiger partial charge in [-0.25, -0.2) is 0 Å². The third-order valence-electron chi connectivity index (χ3n) is 2.41. The summed E-state index contributed by atoms with van der Waals surface area (Å²) in [6.07, 6.45) is 0. The largest absolute Gasteiger partial charge is 0.324 e. The number of nitrogens with one attached hydrogen (secondary N) is 1. The van der Waals surface area contributed by atoms with Crippen molar-refractivity contribution in [2.24, 2.45) is 5.73 Å². The van der Waals surface area contributed by atoms with Gasteiger partial charge in [0, 0.05) is 10.6 Å². The first-order valence-electron chi connectivity index (χ1n) is 5.30. The number of carbonyl (C=O) groups is 1. The number of benzene rings is 1. The molecule has 0 fully saturated rings. The lowest BCUT2D eigenvalue weighted by molar-refractivity contribution is -0.117. The number of hydrogen-bond donors (Lipinski definition) is 2. The molecular weight excluding hydrogens is 246 g/mol. The second-order valence-electron chi connectivity index (χ2n) is 3.67. The maximum absolute atomic E-state index is 11.9. The smallest absolute Gasteiger partial charge is 0.246 e. The fourth-order valence-corrected chi connectivity index (χ4v) is 2.17. The fourth-order valence-electron chi connectivity index (χ4n) is 1.45. The lowest BCUT2D eigenvalue weighted by Crippen LogP contribution is -2.26. The third-order valence-corrected chi connectivity index (χ3v) is 3.37. The van der Waals surface area contributed by atoms with Gasteiger partial charge in [0.1, 0.15) is 6.04 Å². The van der Waals surface area contributed by atoms with E-state index in [0.717, 1.165) is 4.88 Å². The van der Waals surface area contributed by atoms with E-state index < -0.39 is 6.04 Å². The molecule has 1 amide bonds. The molecule has 1 atom stereocenters. The molecule has 1 aromatic heterocycles. The van der Waals surface area contributed by atoms with Crippen LogP contribution in [0.5, 0.6) is 0 Å². The molecule has 0 spiro atoms. The third kappa shape index (κ3) is 2.74. The van der Waals surface area contributed by atoms with E-state index in [4.69, 9.17) is 11.0 Å². The summed E-state index contributed by atoms with van der Waals surface area (Å²) in [7, 11) is 0. The summed E-state index contributed by atoms with van der Waals surface area (Å²) in [5, 5.41) is 13.3. The van der Waals surface area contributed by atoms with Crippen LogP contribution < -0.4 is 11.1 Å². The van der Waals surface area contributed by atoms with Gasteiger partial charge in [-0.15, -0.1) is 11.3 Å². The van der Waals surface area contributed by atoms with Crippen molar-refractivity contribution in [2.45, 2.75) is 6.04 Å². The number of nitrogens with zero attached hydrogens (tertiary/aromatic N) is 1. The maximum Gasteiger partial charge on any atom is 0.246 e. The monoisotopic (exact) mass is 257 g/mol. The molecular formula is C13H11N3OS. The summed E-state index contributed by atoms with van der Waals surface area (Å²) in [6, 6.07) is 11.7. The van der Waals surface area contributed by atoms with Crippen molar-refractivity contribution in [3.8, 4) is 6.07 Å². The summed E-state index contributed by atoms with van der Waals surface area (Å²) < 4.78 is 0. The van der Waals surface area contributed by atoms with E-state index in [1.54, 1.807) is 24.3 Å². The average molecular weight is 257 g/mol. The zero-order valence-electron chi connectivity index (χ0n) is 9.46.